The van der Waals surface area contributed by atoms with Crippen molar-refractivity contribution in [3.05, 3.63) is 179 Å². The van der Waals surface area contributed by atoms with Crippen molar-refractivity contribution in [3.63, 3.8) is 0 Å². The molecule has 0 heterocycles. The second-order valence-corrected chi connectivity index (χ2v) is 9.82. The zero-order chi connectivity index (χ0) is 28.2. The molecule has 0 fully saturated rings. The van der Waals surface area contributed by atoms with Crippen LogP contribution in [0, 0.1) is 0 Å². The maximum absolute atomic E-state index is 13.8. The summed E-state index contributed by atoms with van der Waals surface area (Å²) in [6.45, 7) is 0.654. The van der Waals surface area contributed by atoms with Crippen molar-refractivity contribution in [1.29, 1.82) is 0 Å². The molecule has 0 aliphatic carbocycles. The molecule has 0 saturated carbocycles. The van der Waals surface area contributed by atoms with Crippen LogP contribution in [0.5, 0.6) is 0 Å². The van der Waals surface area contributed by atoms with E-state index in [0.29, 0.717) is 13.2 Å². The van der Waals surface area contributed by atoms with E-state index in [1.54, 1.807) is 0 Å². The lowest BCUT2D eigenvalue weighted by Gasteiger charge is -2.36. The fourth-order valence-corrected chi connectivity index (χ4v) is 4.90. The SMILES string of the molecule is O=C(COC(c1ccccc1)(c1ccccc1)c1ccccc1)[C@H](COCc1ccccc1)OCc1ccccc1. The van der Waals surface area contributed by atoms with Crippen LogP contribution in [-0.2, 0) is 37.8 Å². The van der Waals surface area contributed by atoms with Gasteiger partial charge in [-0.1, -0.05) is 152 Å². The van der Waals surface area contributed by atoms with E-state index in [9.17, 15) is 4.79 Å². The predicted molar refractivity (Wildman–Crippen MR) is 161 cm³/mol. The number of carbonyl (C=O) groups excluding carboxylic acids is 1. The predicted octanol–water partition coefficient (Wildman–Crippen LogP) is 7.37. The average Bonchev–Trinajstić information content (AvgIpc) is 3.05. The van der Waals surface area contributed by atoms with Crippen LogP contribution in [0.4, 0.5) is 0 Å². The molecule has 0 N–H and O–H groups in total. The average molecular weight is 543 g/mol. The molecule has 206 valence electrons. The number of benzene rings is 5. The van der Waals surface area contributed by atoms with Crippen molar-refractivity contribution in [2.24, 2.45) is 0 Å². The Morgan fingerprint density at radius 1 is 0.537 bits per heavy atom. The van der Waals surface area contributed by atoms with Gasteiger partial charge in [-0.15, -0.1) is 0 Å². The van der Waals surface area contributed by atoms with E-state index in [1.165, 1.54) is 0 Å². The molecular formula is C37H34O4. The fraction of sp³-hybridized carbons (Fsp3) is 0.162. The van der Waals surface area contributed by atoms with Gasteiger partial charge >= 0.3 is 0 Å². The number of Topliss-reactive ketones (excluding diaryl/α,β-unsaturated/α-hetero) is 1. The van der Waals surface area contributed by atoms with E-state index in [0.717, 1.165) is 27.8 Å². The van der Waals surface area contributed by atoms with Crippen LogP contribution < -0.4 is 0 Å². The molecule has 0 amide bonds. The van der Waals surface area contributed by atoms with Gasteiger partial charge in [0, 0.05) is 0 Å². The lowest BCUT2D eigenvalue weighted by atomic mass is 9.80. The normalized spacial score (nSPS) is 12.1. The zero-order valence-corrected chi connectivity index (χ0v) is 23.0. The van der Waals surface area contributed by atoms with Gasteiger partial charge in [0.25, 0.3) is 0 Å². The maximum atomic E-state index is 13.8. The van der Waals surface area contributed by atoms with Gasteiger partial charge in [0.05, 0.1) is 19.8 Å². The Balaban J connectivity index is 1.41. The fourth-order valence-electron chi connectivity index (χ4n) is 4.90. The van der Waals surface area contributed by atoms with Crippen LogP contribution in [0.3, 0.4) is 0 Å². The molecule has 4 heteroatoms. The number of carbonyl (C=O) groups is 1. The van der Waals surface area contributed by atoms with E-state index in [1.807, 2.05) is 152 Å². The van der Waals surface area contributed by atoms with Crippen LogP contribution in [0.15, 0.2) is 152 Å². The first-order valence-corrected chi connectivity index (χ1v) is 13.9. The van der Waals surface area contributed by atoms with Gasteiger partial charge in [0.15, 0.2) is 5.78 Å². The lowest BCUT2D eigenvalue weighted by molar-refractivity contribution is -0.144. The van der Waals surface area contributed by atoms with E-state index in [4.69, 9.17) is 14.2 Å². The Hall–Kier alpha value is -4.35. The molecule has 5 aromatic rings. The second kappa shape index (κ2) is 14.3. The summed E-state index contributed by atoms with van der Waals surface area (Å²) in [6, 6.07) is 49.8. The molecule has 0 saturated heterocycles. The van der Waals surface area contributed by atoms with Gasteiger partial charge in [-0.05, 0) is 27.8 Å². The summed E-state index contributed by atoms with van der Waals surface area (Å²) in [4.78, 5) is 13.8. The van der Waals surface area contributed by atoms with Gasteiger partial charge in [0.2, 0.25) is 0 Å². The third kappa shape index (κ3) is 7.24. The molecule has 5 aromatic carbocycles. The van der Waals surface area contributed by atoms with E-state index < -0.39 is 11.7 Å². The molecule has 4 nitrogen and oxygen atoms in total. The van der Waals surface area contributed by atoms with E-state index in [-0.39, 0.29) is 19.0 Å². The summed E-state index contributed by atoms with van der Waals surface area (Å²) in [5.74, 6) is -0.179. The molecule has 0 aliphatic rings. The quantitative estimate of drug-likeness (QED) is 0.138. The van der Waals surface area contributed by atoms with Crippen LogP contribution in [-0.4, -0.2) is 25.1 Å². The summed E-state index contributed by atoms with van der Waals surface area (Å²) in [5.41, 5.74) is 3.84. The molecular weight excluding hydrogens is 508 g/mol. The Morgan fingerprint density at radius 2 is 0.927 bits per heavy atom. The lowest BCUT2D eigenvalue weighted by Crippen LogP contribution is -2.39. The highest BCUT2D eigenvalue weighted by atomic mass is 16.5. The molecule has 0 aliphatic heterocycles. The topological polar surface area (TPSA) is 44.8 Å². The van der Waals surface area contributed by atoms with Crippen molar-refractivity contribution in [3.8, 4) is 0 Å². The largest absolute Gasteiger partial charge is 0.374 e. The Morgan fingerprint density at radius 3 is 1.37 bits per heavy atom. The van der Waals surface area contributed by atoms with Crippen molar-refractivity contribution >= 4 is 5.78 Å². The van der Waals surface area contributed by atoms with Gasteiger partial charge in [0.1, 0.15) is 18.3 Å². The Bertz CT molecular complexity index is 1360. The van der Waals surface area contributed by atoms with Crippen molar-refractivity contribution < 1.29 is 19.0 Å². The Kier molecular flexibility index (Phi) is 9.85. The molecule has 0 bridgehead atoms. The van der Waals surface area contributed by atoms with E-state index in [2.05, 4.69) is 0 Å². The van der Waals surface area contributed by atoms with Crippen LogP contribution >= 0.6 is 0 Å². The number of ether oxygens (including phenoxy) is 3. The van der Waals surface area contributed by atoms with Crippen LogP contribution in [0.1, 0.15) is 27.8 Å². The number of hydrogen-bond donors (Lipinski definition) is 0. The monoisotopic (exact) mass is 542 g/mol. The number of rotatable bonds is 14. The van der Waals surface area contributed by atoms with Gasteiger partial charge < -0.3 is 14.2 Å². The molecule has 1 atom stereocenters. The first-order valence-electron chi connectivity index (χ1n) is 13.9. The first kappa shape index (κ1) is 28.2. The highest BCUT2D eigenvalue weighted by molar-refractivity contribution is 5.84. The minimum atomic E-state index is -0.992. The summed E-state index contributed by atoms with van der Waals surface area (Å²) >= 11 is 0. The molecule has 0 radical (unpaired) electrons. The highest BCUT2D eigenvalue weighted by Crippen LogP contribution is 2.40. The summed E-state index contributed by atoms with van der Waals surface area (Å²) in [5, 5.41) is 0. The van der Waals surface area contributed by atoms with E-state index >= 15 is 0 Å². The first-order chi connectivity index (χ1) is 20.3. The molecule has 0 unspecified atom stereocenters. The summed E-state index contributed by atoms with van der Waals surface area (Å²) < 4.78 is 18.9. The van der Waals surface area contributed by atoms with Crippen molar-refractivity contribution in [2.45, 2.75) is 24.9 Å². The van der Waals surface area contributed by atoms with Gasteiger partial charge in [-0.2, -0.15) is 0 Å². The molecule has 5 rings (SSSR count). The highest BCUT2D eigenvalue weighted by Gasteiger charge is 2.38. The smallest absolute Gasteiger partial charge is 0.189 e. The van der Waals surface area contributed by atoms with Gasteiger partial charge in [-0.25, -0.2) is 0 Å². The molecule has 0 aromatic heterocycles. The minimum Gasteiger partial charge on any atom is -0.374 e. The minimum absolute atomic E-state index is 0.124. The standard InChI is InChI=1S/C37H34O4/c38-35(36(40-27-31-18-8-2-9-19-31)29-39-26-30-16-6-1-7-17-30)28-41-37(32-20-10-3-11-21-32,33-22-12-4-13-23-33)34-24-14-5-15-25-34/h1-25,36H,26-29H2/t36-/m0/s1. The number of hydrogen-bond acceptors (Lipinski definition) is 4. The van der Waals surface area contributed by atoms with Crippen LogP contribution in [0.25, 0.3) is 0 Å². The molecule has 41 heavy (non-hydrogen) atoms. The van der Waals surface area contributed by atoms with Crippen molar-refractivity contribution in [2.75, 3.05) is 13.2 Å². The van der Waals surface area contributed by atoms with Crippen LogP contribution in [0.2, 0.25) is 0 Å². The zero-order valence-electron chi connectivity index (χ0n) is 23.0. The second-order valence-electron chi connectivity index (χ2n) is 9.82. The summed E-state index contributed by atoms with van der Waals surface area (Å²) in [6.07, 6.45) is -0.793. The Labute approximate surface area is 242 Å². The maximum Gasteiger partial charge on any atom is 0.189 e. The summed E-state index contributed by atoms with van der Waals surface area (Å²) in [7, 11) is 0. The number of ketones is 1. The molecule has 0 spiro atoms. The third-order valence-electron chi connectivity index (χ3n) is 7.01. The van der Waals surface area contributed by atoms with Crippen molar-refractivity contribution in [1.82, 2.24) is 0 Å². The van der Waals surface area contributed by atoms with Gasteiger partial charge in [-0.3, -0.25) is 4.79 Å². The third-order valence-corrected chi connectivity index (χ3v) is 7.01.